The normalized spacial score (nSPS) is 12.2. The summed E-state index contributed by atoms with van der Waals surface area (Å²) >= 11 is 0. The number of hydrogen-bond donors (Lipinski definition) is 0. The molecule has 3 aromatic rings. The highest BCUT2D eigenvalue weighted by Crippen LogP contribution is 2.33. The molecule has 9 heteroatoms. The van der Waals surface area contributed by atoms with Crippen LogP contribution in [-0.2, 0) is 18.9 Å². The van der Waals surface area contributed by atoms with Crippen LogP contribution in [0.1, 0.15) is 16.7 Å². The first kappa shape index (κ1) is 19.7. The minimum Gasteiger partial charge on any atom is -0.267 e. The van der Waals surface area contributed by atoms with Crippen LogP contribution in [0.4, 0.5) is 26.3 Å². The van der Waals surface area contributed by atoms with E-state index in [2.05, 4.69) is 5.10 Å². The van der Waals surface area contributed by atoms with Gasteiger partial charge >= 0.3 is 12.4 Å². The lowest BCUT2D eigenvalue weighted by Gasteiger charge is -2.15. The van der Waals surface area contributed by atoms with Crippen molar-refractivity contribution >= 4 is 0 Å². The quantitative estimate of drug-likeness (QED) is 0.583. The molecule has 0 saturated carbocycles. The zero-order chi connectivity index (χ0) is 20.5. The molecule has 146 valence electrons. The second-order valence-electron chi connectivity index (χ2n) is 5.92. The summed E-state index contributed by atoms with van der Waals surface area (Å²) in [5.41, 5.74) is -4.27. The van der Waals surface area contributed by atoms with E-state index in [9.17, 15) is 31.1 Å². The van der Waals surface area contributed by atoms with Crippen molar-refractivity contribution in [3.05, 3.63) is 87.7 Å². The third-order valence-corrected chi connectivity index (χ3v) is 3.99. The van der Waals surface area contributed by atoms with Crippen molar-refractivity contribution in [2.24, 2.45) is 0 Å². The van der Waals surface area contributed by atoms with Crippen molar-refractivity contribution in [3.63, 3.8) is 0 Å². The van der Waals surface area contributed by atoms with Gasteiger partial charge in [-0.2, -0.15) is 31.4 Å². The lowest BCUT2D eigenvalue weighted by Crippen LogP contribution is -2.31. The molecule has 1 heterocycles. The first-order valence-electron chi connectivity index (χ1n) is 7.97. The Hall–Kier alpha value is -3.10. The SMILES string of the molecule is O=c1c(C(F)(F)F)cc(-c2ccccc2)nn1Cc1ccccc1C(F)(F)F. The van der Waals surface area contributed by atoms with Crippen LogP contribution >= 0.6 is 0 Å². The zero-order valence-corrected chi connectivity index (χ0v) is 14.1. The Bertz CT molecular complexity index is 1040. The second kappa shape index (κ2) is 7.14. The van der Waals surface area contributed by atoms with Gasteiger partial charge in [0.05, 0.1) is 17.8 Å². The summed E-state index contributed by atoms with van der Waals surface area (Å²) in [6.45, 7) is -0.752. The van der Waals surface area contributed by atoms with Gasteiger partial charge in [0, 0.05) is 5.56 Å². The molecule has 0 aliphatic carbocycles. The molecule has 3 rings (SSSR count). The highest BCUT2D eigenvalue weighted by molar-refractivity contribution is 5.59. The maximum Gasteiger partial charge on any atom is 0.421 e. The molecule has 0 radical (unpaired) electrons. The molecule has 0 bridgehead atoms. The highest BCUT2D eigenvalue weighted by atomic mass is 19.4. The Kier molecular flexibility index (Phi) is 5.01. The van der Waals surface area contributed by atoms with E-state index < -0.39 is 35.6 Å². The van der Waals surface area contributed by atoms with Crippen molar-refractivity contribution < 1.29 is 26.3 Å². The molecule has 0 spiro atoms. The molecule has 0 amide bonds. The summed E-state index contributed by atoms with van der Waals surface area (Å²) in [4.78, 5) is 12.3. The number of aromatic nitrogens is 2. The van der Waals surface area contributed by atoms with Gasteiger partial charge in [-0.1, -0.05) is 48.5 Å². The molecule has 0 aliphatic rings. The van der Waals surface area contributed by atoms with Crippen molar-refractivity contribution in [1.29, 1.82) is 0 Å². The number of alkyl halides is 6. The predicted molar refractivity (Wildman–Crippen MR) is 89.5 cm³/mol. The highest BCUT2D eigenvalue weighted by Gasteiger charge is 2.36. The lowest BCUT2D eigenvalue weighted by atomic mass is 10.1. The van der Waals surface area contributed by atoms with E-state index in [1.165, 1.54) is 18.2 Å². The fourth-order valence-corrected chi connectivity index (χ4v) is 2.70. The summed E-state index contributed by atoms with van der Waals surface area (Å²) < 4.78 is 79.9. The van der Waals surface area contributed by atoms with Crippen LogP contribution in [0.5, 0.6) is 0 Å². The minimum atomic E-state index is -4.98. The summed E-state index contributed by atoms with van der Waals surface area (Å²) in [6.07, 6.45) is -9.70. The molecule has 0 saturated heterocycles. The van der Waals surface area contributed by atoms with Crippen LogP contribution in [0.15, 0.2) is 65.5 Å². The van der Waals surface area contributed by atoms with Crippen LogP contribution in [-0.4, -0.2) is 9.78 Å². The van der Waals surface area contributed by atoms with Crippen LogP contribution in [0, 0.1) is 0 Å². The molecule has 0 aliphatic heterocycles. The Morgan fingerprint density at radius 2 is 1.36 bits per heavy atom. The lowest BCUT2D eigenvalue weighted by molar-refractivity contribution is -0.140. The molecule has 0 fully saturated rings. The van der Waals surface area contributed by atoms with Gasteiger partial charge in [-0.25, -0.2) is 4.68 Å². The van der Waals surface area contributed by atoms with Gasteiger partial charge in [0.2, 0.25) is 0 Å². The largest absolute Gasteiger partial charge is 0.421 e. The van der Waals surface area contributed by atoms with Crippen molar-refractivity contribution in [3.8, 4) is 11.3 Å². The third-order valence-electron chi connectivity index (χ3n) is 3.99. The molecule has 28 heavy (non-hydrogen) atoms. The number of halogens is 6. The number of benzene rings is 2. The van der Waals surface area contributed by atoms with E-state index in [-0.39, 0.29) is 11.3 Å². The van der Waals surface area contributed by atoms with Gasteiger partial charge in [-0.05, 0) is 17.7 Å². The zero-order valence-electron chi connectivity index (χ0n) is 14.1. The van der Waals surface area contributed by atoms with Gasteiger partial charge in [0.25, 0.3) is 5.56 Å². The number of rotatable bonds is 3. The van der Waals surface area contributed by atoms with Crippen LogP contribution < -0.4 is 5.56 Å². The fraction of sp³-hybridized carbons (Fsp3) is 0.158. The van der Waals surface area contributed by atoms with E-state index in [1.54, 1.807) is 18.2 Å². The summed E-state index contributed by atoms with van der Waals surface area (Å²) in [5, 5.41) is 3.87. The molecular formula is C19H12F6N2O. The average molecular weight is 398 g/mol. The van der Waals surface area contributed by atoms with Crippen LogP contribution in [0.3, 0.4) is 0 Å². The predicted octanol–water partition coefficient (Wildman–Crippen LogP) is 5.00. The van der Waals surface area contributed by atoms with Gasteiger partial charge in [-0.3, -0.25) is 4.79 Å². The molecule has 0 atom stereocenters. The number of hydrogen-bond acceptors (Lipinski definition) is 2. The van der Waals surface area contributed by atoms with E-state index >= 15 is 0 Å². The van der Waals surface area contributed by atoms with Gasteiger partial charge in [0.15, 0.2) is 0 Å². The second-order valence-corrected chi connectivity index (χ2v) is 5.92. The summed E-state index contributed by atoms with van der Waals surface area (Å²) in [6, 6.07) is 12.7. The number of nitrogens with zero attached hydrogens (tertiary/aromatic N) is 2. The Morgan fingerprint density at radius 1 is 0.786 bits per heavy atom. The molecule has 2 aromatic carbocycles. The van der Waals surface area contributed by atoms with Crippen LogP contribution in [0.25, 0.3) is 11.3 Å². The van der Waals surface area contributed by atoms with E-state index in [0.717, 1.165) is 18.2 Å². The van der Waals surface area contributed by atoms with Gasteiger partial charge in [0.1, 0.15) is 5.56 Å². The average Bonchev–Trinajstić information content (AvgIpc) is 2.62. The first-order chi connectivity index (χ1) is 13.1. The summed E-state index contributed by atoms with van der Waals surface area (Å²) in [5.74, 6) is 0. The van der Waals surface area contributed by atoms with E-state index in [1.807, 2.05) is 0 Å². The molecule has 1 aromatic heterocycles. The van der Waals surface area contributed by atoms with Crippen molar-refractivity contribution in [2.45, 2.75) is 18.9 Å². The van der Waals surface area contributed by atoms with Crippen LogP contribution in [0.2, 0.25) is 0 Å². The maximum atomic E-state index is 13.3. The Morgan fingerprint density at radius 3 is 1.96 bits per heavy atom. The monoisotopic (exact) mass is 398 g/mol. The third kappa shape index (κ3) is 4.08. The van der Waals surface area contributed by atoms with E-state index in [4.69, 9.17) is 0 Å². The fourth-order valence-electron chi connectivity index (χ4n) is 2.70. The molecular weight excluding hydrogens is 386 g/mol. The van der Waals surface area contributed by atoms with Crippen molar-refractivity contribution in [1.82, 2.24) is 9.78 Å². The van der Waals surface area contributed by atoms with Crippen molar-refractivity contribution in [2.75, 3.05) is 0 Å². The van der Waals surface area contributed by atoms with Gasteiger partial charge in [-0.15, -0.1) is 0 Å². The molecule has 0 unspecified atom stereocenters. The molecule has 3 nitrogen and oxygen atoms in total. The molecule has 0 N–H and O–H groups in total. The Labute approximate surface area is 154 Å². The van der Waals surface area contributed by atoms with Gasteiger partial charge < -0.3 is 0 Å². The minimum absolute atomic E-state index is 0.169. The first-order valence-corrected chi connectivity index (χ1v) is 7.97. The maximum absolute atomic E-state index is 13.3. The standard InChI is InChI=1S/C19H12F6N2O/c20-18(21,22)14-9-5-4-8-13(14)11-27-17(28)15(19(23,24)25)10-16(26-27)12-6-2-1-3-7-12/h1-10H,11H2. The smallest absolute Gasteiger partial charge is 0.267 e. The summed E-state index contributed by atoms with van der Waals surface area (Å²) in [7, 11) is 0. The topological polar surface area (TPSA) is 34.9 Å². The van der Waals surface area contributed by atoms with E-state index in [0.29, 0.717) is 16.3 Å². The Balaban J connectivity index is 2.18.